The molecule has 0 unspecified atom stereocenters. The van der Waals surface area contributed by atoms with Crippen molar-refractivity contribution in [2.75, 3.05) is 32.8 Å². The van der Waals surface area contributed by atoms with E-state index in [9.17, 15) is 4.79 Å². The van der Waals surface area contributed by atoms with Crippen molar-refractivity contribution < 1.29 is 23.6 Å². The van der Waals surface area contributed by atoms with Crippen molar-refractivity contribution in [3.8, 4) is 0 Å². The third kappa shape index (κ3) is 5.17. The van der Waals surface area contributed by atoms with Gasteiger partial charge in [-0.05, 0) is 66.2 Å². The normalized spacial score (nSPS) is 27.4. The van der Waals surface area contributed by atoms with Gasteiger partial charge >= 0.3 is 13.2 Å². The van der Waals surface area contributed by atoms with Gasteiger partial charge in [0.2, 0.25) is 0 Å². The summed E-state index contributed by atoms with van der Waals surface area (Å²) in [5.41, 5.74) is 0.0944. The molecule has 0 spiro atoms. The van der Waals surface area contributed by atoms with Crippen LogP contribution in [0.1, 0.15) is 60.1 Å². The number of carbonyl (C=O) groups excluding carboxylic acids is 1. The number of aromatic nitrogens is 1. The molecule has 4 heterocycles. The van der Waals surface area contributed by atoms with Crippen LogP contribution in [0.3, 0.4) is 0 Å². The molecule has 0 N–H and O–H groups in total. The maximum absolute atomic E-state index is 12.9. The van der Waals surface area contributed by atoms with E-state index in [-0.39, 0.29) is 18.2 Å². The van der Waals surface area contributed by atoms with Gasteiger partial charge in [0.05, 0.1) is 42.1 Å². The molecular formula is C23H35BClN3O5. The van der Waals surface area contributed by atoms with Crippen LogP contribution in [0.4, 0.5) is 4.79 Å². The number of amides is 1. The maximum atomic E-state index is 12.9. The summed E-state index contributed by atoms with van der Waals surface area (Å²) in [6, 6.07) is 3.87. The van der Waals surface area contributed by atoms with Crippen molar-refractivity contribution >= 4 is 30.4 Å². The van der Waals surface area contributed by atoms with E-state index in [1.807, 2.05) is 60.6 Å². The molecule has 3 aliphatic rings. The molecule has 1 aromatic rings. The molecule has 4 rings (SSSR count). The Labute approximate surface area is 202 Å². The summed E-state index contributed by atoms with van der Waals surface area (Å²) in [4.78, 5) is 21.6. The number of piperazine rings is 1. The summed E-state index contributed by atoms with van der Waals surface area (Å²) in [5, 5.41) is 0.372. The molecule has 8 nitrogen and oxygen atoms in total. The van der Waals surface area contributed by atoms with Crippen molar-refractivity contribution in [1.29, 1.82) is 0 Å². The van der Waals surface area contributed by atoms with Crippen LogP contribution in [0, 0.1) is 0 Å². The van der Waals surface area contributed by atoms with Crippen LogP contribution in [0.25, 0.3) is 0 Å². The molecule has 0 aromatic carbocycles. The molecule has 2 atom stereocenters. The van der Waals surface area contributed by atoms with Gasteiger partial charge < -0.3 is 23.7 Å². The highest BCUT2D eigenvalue weighted by Crippen LogP contribution is 2.37. The number of ether oxygens (including phenoxy) is 2. The fourth-order valence-corrected chi connectivity index (χ4v) is 4.69. The van der Waals surface area contributed by atoms with Crippen LogP contribution in [0.15, 0.2) is 12.1 Å². The van der Waals surface area contributed by atoms with Crippen molar-refractivity contribution in [2.24, 2.45) is 0 Å². The van der Waals surface area contributed by atoms with Crippen molar-refractivity contribution in [1.82, 2.24) is 14.8 Å². The summed E-state index contributed by atoms with van der Waals surface area (Å²) in [6.07, 6.45) is -0.316. The van der Waals surface area contributed by atoms with Crippen molar-refractivity contribution in [2.45, 2.75) is 77.4 Å². The molecule has 1 amide bonds. The summed E-state index contributed by atoms with van der Waals surface area (Å²) in [5.74, 6) is 0. The predicted octanol–water partition coefficient (Wildman–Crippen LogP) is 3.03. The van der Waals surface area contributed by atoms with Crippen LogP contribution < -0.4 is 5.59 Å². The van der Waals surface area contributed by atoms with E-state index in [1.165, 1.54) is 0 Å². The lowest BCUT2D eigenvalue weighted by Gasteiger charge is -2.48. The summed E-state index contributed by atoms with van der Waals surface area (Å²) < 4.78 is 23.8. The van der Waals surface area contributed by atoms with E-state index in [0.717, 1.165) is 12.1 Å². The minimum absolute atomic E-state index is 0.0677. The Morgan fingerprint density at radius 1 is 1.18 bits per heavy atom. The molecule has 3 saturated heterocycles. The highest BCUT2D eigenvalue weighted by atomic mass is 35.5. The van der Waals surface area contributed by atoms with Crippen LogP contribution in [0.5, 0.6) is 0 Å². The Bertz CT molecular complexity index is 891. The Kier molecular flexibility index (Phi) is 6.51. The monoisotopic (exact) mass is 479 g/mol. The molecule has 3 aliphatic heterocycles. The van der Waals surface area contributed by atoms with Gasteiger partial charge in [-0.15, -0.1) is 0 Å². The zero-order chi connectivity index (χ0) is 24.2. The van der Waals surface area contributed by atoms with E-state index in [1.54, 1.807) is 4.90 Å². The second-order valence-corrected chi connectivity index (χ2v) is 11.5. The third-order valence-corrected chi connectivity index (χ3v) is 7.06. The lowest BCUT2D eigenvalue weighted by atomic mass is 9.82. The average molecular weight is 480 g/mol. The minimum atomic E-state index is -0.613. The van der Waals surface area contributed by atoms with E-state index in [2.05, 4.69) is 9.88 Å². The van der Waals surface area contributed by atoms with Gasteiger partial charge in [-0.1, -0.05) is 11.6 Å². The van der Waals surface area contributed by atoms with Crippen LogP contribution in [-0.4, -0.2) is 83.7 Å². The molecule has 10 heteroatoms. The van der Waals surface area contributed by atoms with Crippen LogP contribution >= 0.6 is 11.6 Å². The second kappa shape index (κ2) is 8.68. The number of fused-ring (bicyclic) bond motifs is 1. The van der Waals surface area contributed by atoms with Crippen LogP contribution in [-0.2, 0) is 18.8 Å². The SMILES string of the molecule is CC(C)(C)OC(=O)N1C[C@@H]2COCCN2[C@H](c2cc(Cl)nc(B3OC(C)(C)C(C)(C)O3)c2)C1. The first kappa shape index (κ1) is 24.7. The Hall–Kier alpha value is -1.39. The molecule has 3 fully saturated rings. The molecule has 182 valence electrons. The van der Waals surface area contributed by atoms with Gasteiger partial charge in [0, 0.05) is 19.6 Å². The number of hydrogen-bond donors (Lipinski definition) is 0. The lowest BCUT2D eigenvalue weighted by molar-refractivity contribution is -0.0759. The van der Waals surface area contributed by atoms with E-state index in [0.29, 0.717) is 37.0 Å². The Balaban J connectivity index is 1.64. The fourth-order valence-electron chi connectivity index (χ4n) is 4.47. The van der Waals surface area contributed by atoms with Crippen molar-refractivity contribution in [3.05, 3.63) is 22.8 Å². The maximum Gasteiger partial charge on any atom is 0.514 e. The molecule has 0 aliphatic carbocycles. The van der Waals surface area contributed by atoms with Gasteiger partial charge in [-0.25, -0.2) is 9.78 Å². The standard InChI is InChI=1S/C23H35BClN3O5/c1-21(2,3)31-20(29)27-12-16-14-30-9-8-28(16)17(13-27)15-10-18(26-19(25)11-15)24-32-22(4,5)23(6,7)33-24/h10-11,16-17H,8-9,12-14H2,1-7H3/t16-,17+/m1/s1. The average Bonchev–Trinajstić information content (AvgIpc) is 2.92. The zero-order valence-corrected chi connectivity index (χ0v) is 21.4. The smallest absolute Gasteiger partial charge is 0.444 e. The number of pyridine rings is 1. The summed E-state index contributed by atoms with van der Waals surface area (Å²) in [7, 11) is -0.613. The lowest BCUT2D eigenvalue weighted by Crippen LogP contribution is -2.60. The number of rotatable bonds is 2. The molecule has 0 saturated carbocycles. The van der Waals surface area contributed by atoms with Gasteiger partial charge in [0.25, 0.3) is 0 Å². The first-order valence-corrected chi connectivity index (χ1v) is 12.0. The largest absolute Gasteiger partial charge is 0.514 e. The molecule has 1 aromatic heterocycles. The third-order valence-electron chi connectivity index (χ3n) is 6.87. The van der Waals surface area contributed by atoms with E-state index >= 15 is 0 Å². The zero-order valence-electron chi connectivity index (χ0n) is 20.7. The highest BCUT2D eigenvalue weighted by molar-refractivity contribution is 6.61. The number of carbonyl (C=O) groups is 1. The molecular weight excluding hydrogens is 445 g/mol. The topological polar surface area (TPSA) is 73.4 Å². The Morgan fingerprint density at radius 2 is 1.85 bits per heavy atom. The first-order valence-electron chi connectivity index (χ1n) is 11.6. The van der Waals surface area contributed by atoms with Gasteiger partial charge in [-0.3, -0.25) is 4.90 Å². The number of halogens is 1. The quantitative estimate of drug-likeness (QED) is 0.477. The summed E-state index contributed by atoms with van der Waals surface area (Å²) in [6.45, 7) is 16.7. The fraction of sp³-hybridized carbons (Fsp3) is 0.739. The second-order valence-electron chi connectivity index (χ2n) is 11.1. The number of morpholine rings is 1. The molecule has 33 heavy (non-hydrogen) atoms. The summed E-state index contributed by atoms with van der Waals surface area (Å²) >= 11 is 6.48. The first-order chi connectivity index (χ1) is 15.3. The van der Waals surface area contributed by atoms with Crippen LogP contribution in [0.2, 0.25) is 5.15 Å². The highest BCUT2D eigenvalue weighted by Gasteiger charge is 2.52. The predicted molar refractivity (Wildman–Crippen MR) is 127 cm³/mol. The minimum Gasteiger partial charge on any atom is -0.444 e. The van der Waals surface area contributed by atoms with E-state index in [4.69, 9.17) is 30.4 Å². The number of nitrogens with zero attached hydrogens (tertiary/aromatic N) is 3. The van der Waals surface area contributed by atoms with E-state index < -0.39 is 23.9 Å². The number of hydrogen-bond acceptors (Lipinski definition) is 7. The van der Waals surface area contributed by atoms with Gasteiger partial charge in [0.15, 0.2) is 0 Å². The van der Waals surface area contributed by atoms with Gasteiger partial charge in [-0.2, -0.15) is 0 Å². The Morgan fingerprint density at radius 3 is 2.48 bits per heavy atom. The van der Waals surface area contributed by atoms with Crippen molar-refractivity contribution in [3.63, 3.8) is 0 Å². The molecule has 0 radical (unpaired) electrons. The molecule has 0 bridgehead atoms. The van der Waals surface area contributed by atoms with Gasteiger partial charge in [0.1, 0.15) is 10.8 Å².